The minimum Gasteiger partial charge on any atom is -0.444 e. The van der Waals surface area contributed by atoms with Gasteiger partial charge in [0.15, 0.2) is 0 Å². The van der Waals surface area contributed by atoms with Crippen molar-refractivity contribution in [1.29, 1.82) is 0 Å². The van der Waals surface area contributed by atoms with Crippen molar-refractivity contribution < 1.29 is 18.8 Å². The summed E-state index contributed by atoms with van der Waals surface area (Å²) in [4.78, 5) is 14.0. The van der Waals surface area contributed by atoms with E-state index in [9.17, 15) is 9.90 Å². The molecule has 0 aromatic rings. The number of fused-ring (bicyclic) bond motifs is 2. The van der Waals surface area contributed by atoms with E-state index in [1.807, 2.05) is 0 Å². The van der Waals surface area contributed by atoms with E-state index < -0.39 is 30.7 Å². The highest BCUT2D eigenvalue weighted by Gasteiger charge is 2.47. The SMILES string of the molecule is [2H]C([2H])([2H])[C@H](O)[C@H]1NC[C@H]2CC[C@@H]1N2C(=O)OC(C)(C)C. The standard InChI is InChI=1S/C13H24N2O3/c1-8(16)11-10-6-5-9(7-14-11)15(10)12(17)18-13(2,3)4/h8-11,14,16H,5-7H2,1-4H3/t8-,9+,10-,11+/m0/s1/i1D3. The topological polar surface area (TPSA) is 61.8 Å². The Morgan fingerprint density at radius 3 is 2.89 bits per heavy atom. The highest BCUT2D eigenvalue weighted by Crippen LogP contribution is 2.32. The zero-order chi connectivity index (χ0) is 16.0. The van der Waals surface area contributed by atoms with E-state index in [1.165, 1.54) is 0 Å². The summed E-state index contributed by atoms with van der Waals surface area (Å²) in [5.74, 6) is 0. The van der Waals surface area contributed by atoms with Crippen molar-refractivity contribution in [2.24, 2.45) is 0 Å². The molecule has 0 saturated carbocycles. The summed E-state index contributed by atoms with van der Waals surface area (Å²) in [6, 6.07) is -0.984. The molecule has 0 unspecified atom stereocenters. The second-order valence-electron chi connectivity index (χ2n) is 6.07. The van der Waals surface area contributed by atoms with Gasteiger partial charge in [-0.2, -0.15) is 0 Å². The van der Waals surface area contributed by atoms with Crippen LogP contribution in [0.4, 0.5) is 4.79 Å². The van der Waals surface area contributed by atoms with Crippen LogP contribution in [-0.4, -0.2) is 52.5 Å². The van der Waals surface area contributed by atoms with Crippen molar-refractivity contribution in [3.63, 3.8) is 0 Å². The van der Waals surface area contributed by atoms with E-state index in [2.05, 4.69) is 5.32 Å². The highest BCUT2D eigenvalue weighted by atomic mass is 16.6. The second-order valence-corrected chi connectivity index (χ2v) is 6.07. The van der Waals surface area contributed by atoms with Crippen molar-refractivity contribution in [1.82, 2.24) is 10.2 Å². The molecule has 0 spiro atoms. The molecule has 2 rings (SSSR count). The van der Waals surface area contributed by atoms with E-state index in [4.69, 9.17) is 8.85 Å². The number of nitrogens with one attached hydrogen (secondary N) is 1. The summed E-state index contributed by atoms with van der Waals surface area (Å²) in [5, 5.41) is 13.1. The van der Waals surface area contributed by atoms with Crippen LogP contribution in [0.25, 0.3) is 0 Å². The van der Waals surface area contributed by atoms with E-state index >= 15 is 0 Å². The van der Waals surface area contributed by atoms with E-state index in [-0.39, 0.29) is 12.1 Å². The van der Waals surface area contributed by atoms with E-state index in [0.29, 0.717) is 13.0 Å². The molecule has 104 valence electrons. The average Bonchev–Trinajstić information content (AvgIpc) is 2.60. The van der Waals surface area contributed by atoms with Crippen molar-refractivity contribution in [2.75, 3.05) is 6.54 Å². The summed E-state index contributed by atoms with van der Waals surface area (Å²) in [6.07, 6.45) is -0.457. The smallest absolute Gasteiger partial charge is 0.410 e. The van der Waals surface area contributed by atoms with Gasteiger partial charge < -0.3 is 15.2 Å². The number of amides is 1. The molecule has 2 N–H and O–H groups in total. The molecule has 0 aromatic heterocycles. The van der Waals surface area contributed by atoms with E-state index in [1.54, 1.807) is 25.7 Å². The van der Waals surface area contributed by atoms with Gasteiger partial charge >= 0.3 is 6.09 Å². The average molecular weight is 259 g/mol. The summed E-state index contributed by atoms with van der Waals surface area (Å²) in [5.41, 5.74) is -0.598. The number of hydrogen-bond donors (Lipinski definition) is 2. The quantitative estimate of drug-likeness (QED) is 0.740. The van der Waals surface area contributed by atoms with Gasteiger partial charge in [-0.25, -0.2) is 4.79 Å². The summed E-state index contributed by atoms with van der Waals surface area (Å²) in [6.45, 7) is 3.40. The fraction of sp³-hybridized carbons (Fsp3) is 0.923. The van der Waals surface area contributed by atoms with Crippen LogP contribution in [0.5, 0.6) is 0 Å². The maximum absolute atomic E-state index is 12.3. The van der Waals surface area contributed by atoms with Gasteiger partial charge in [-0.15, -0.1) is 0 Å². The Balaban J connectivity index is 2.15. The predicted molar refractivity (Wildman–Crippen MR) is 68.4 cm³/mol. The van der Waals surface area contributed by atoms with Gasteiger partial charge in [-0.1, -0.05) is 0 Å². The van der Waals surface area contributed by atoms with Crippen molar-refractivity contribution in [3.8, 4) is 0 Å². The van der Waals surface area contributed by atoms with Crippen LogP contribution in [-0.2, 0) is 4.74 Å². The van der Waals surface area contributed by atoms with Crippen LogP contribution < -0.4 is 5.32 Å². The summed E-state index contributed by atoms with van der Waals surface area (Å²) >= 11 is 0. The third kappa shape index (κ3) is 2.62. The fourth-order valence-corrected chi connectivity index (χ4v) is 2.79. The van der Waals surface area contributed by atoms with Crippen LogP contribution in [0.15, 0.2) is 0 Å². The number of carbonyl (C=O) groups is 1. The fourth-order valence-electron chi connectivity index (χ4n) is 2.79. The monoisotopic (exact) mass is 259 g/mol. The van der Waals surface area contributed by atoms with Crippen LogP contribution in [0, 0.1) is 0 Å². The van der Waals surface area contributed by atoms with Crippen molar-refractivity contribution >= 4 is 6.09 Å². The minimum atomic E-state index is -2.47. The van der Waals surface area contributed by atoms with Gasteiger partial charge in [0, 0.05) is 16.7 Å². The van der Waals surface area contributed by atoms with Gasteiger partial charge in [-0.05, 0) is 40.5 Å². The van der Waals surface area contributed by atoms with Gasteiger partial charge in [0.05, 0.1) is 18.2 Å². The van der Waals surface area contributed by atoms with Gasteiger partial charge in [0.25, 0.3) is 0 Å². The molecule has 2 heterocycles. The number of piperazine rings is 1. The molecule has 0 aromatic carbocycles. The van der Waals surface area contributed by atoms with Crippen LogP contribution in [0.2, 0.25) is 0 Å². The van der Waals surface area contributed by atoms with Gasteiger partial charge in [0.2, 0.25) is 0 Å². The van der Waals surface area contributed by atoms with E-state index in [0.717, 1.165) is 6.42 Å². The normalized spacial score (nSPS) is 36.6. The van der Waals surface area contributed by atoms with Crippen LogP contribution in [0.3, 0.4) is 0 Å². The molecule has 5 heteroatoms. The number of aliphatic hydroxyl groups is 1. The first kappa shape index (κ1) is 10.0. The maximum Gasteiger partial charge on any atom is 0.410 e. The zero-order valence-corrected chi connectivity index (χ0v) is 11.1. The molecular formula is C13H24N2O3. The number of rotatable bonds is 1. The van der Waals surface area contributed by atoms with Gasteiger partial charge in [0.1, 0.15) is 5.60 Å². The Bertz CT molecular complexity index is 408. The Kier molecular flexibility index (Phi) is 2.62. The molecule has 2 aliphatic rings. The van der Waals surface area contributed by atoms with Crippen molar-refractivity contribution in [2.45, 2.75) is 70.3 Å². The first-order valence-electron chi connectivity index (χ1n) is 7.93. The lowest BCUT2D eigenvalue weighted by Crippen LogP contribution is -2.63. The molecule has 2 bridgehead atoms. The third-order valence-corrected chi connectivity index (χ3v) is 3.49. The summed E-state index contributed by atoms with van der Waals surface area (Å²) < 4.78 is 27.5. The molecule has 1 amide bonds. The second kappa shape index (κ2) is 4.70. The molecule has 0 aliphatic carbocycles. The molecule has 4 atom stereocenters. The predicted octanol–water partition coefficient (Wildman–Crippen LogP) is 1.11. The third-order valence-electron chi connectivity index (χ3n) is 3.49. The summed E-state index contributed by atoms with van der Waals surface area (Å²) in [7, 11) is 0. The Morgan fingerprint density at radius 1 is 1.56 bits per heavy atom. The van der Waals surface area contributed by atoms with Gasteiger partial charge in [-0.3, -0.25) is 4.90 Å². The lowest BCUT2D eigenvalue weighted by Gasteiger charge is -2.42. The largest absolute Gasteiger partial charge is 0.444 e. The Morgan fingerprint density at radius 2 is 2.28 bits per heavy atom. The first-order chi connectivity index (χ1) is 9.50. The molecule has 0 radical (unpaired) electrons. The van der Waals surface area contributed by atoms with Crippen LogP contribution in [0.1, 0.15) is 44.6 Å². The number of aliphatic hydroxyl groups excluding tert-OH is 1. The highest BCUT2D eigenvalue weighted by molar-refractivity contribution is 5.70. The van der Waals surface area contributed by atoms with Crippen molar-refractivity contribution in [3.05, 3.63) is 0 Å². The zero-order valence-electron chi connectivity index (χ0n) is 14.1. The lowest BCUT2D eigenvalue weighted by molar-refractivity contribution is -0.00704. The number of ether oxygens (including phenoxy) is 1. The molecule has 2 aliphatic heterocycles. The maximum atomic E-state index is 12.3. The molecule has 2 saturated heterocycles. The number of nitrogens with zero attached hydrogens (tertiary/aromatic N) is 1. The minimum absolute atomic E-state index is 0.00454. The molecular weight excluding hydrogens is 232 g/mol. The lowest BCUT2D eigenvalue weighted by atomic mass is 10.0. The first-order valence-corrected chi connectivity index (χ1v) is 6.43. The Hall–Kier alpha value is -0.810. The molecule has 2 fully saturated rings. The van der Waals surface area contributed by atoms with Crippen LogP contribution >= 0.6 is 0 Å². The molecule has 5 nitrogen and oxygen atoms in total. The molecule has 18 heavy (non-hydrogen) atoms. The Labute approximate surface area is 113 Å². The number of hydrogen-bond acceptors (Lipinski definition) is 4. The number of carbonyl (C=O) groups excluding carboxylic acids is 1.